The summed E-state index contributed by atoms with van der Waals surface area (Å²) < 4.78 is 11.1. The first kappa shape index (κ1) is 26.0. The third kappa shape index (κ3) is 3.70. The minimum Gasteiger partial charge on any atom is -0.507 e. The van der Waals surface area contributed by atoms with Gasteiger partial charge < -0.3 is 30.3 Å². The number of nitrogens with one attached hydrogen (secondary N) is 2. The molecule has 2 heterocycles. The summed E-state index contributed by atoms with van der Waals surface area (Å²) in [4.78, 5) is 51.9. The van der Waals surface area contributed by atoms with Crippen LogP contribution in [0.3, 0.4) is 0 Å². The molecule has 1 aliphatic carbocycles. The van der Waals surface area contributed by atoms with E-state index in [4.69, 9.17) is 9.47 Å². The van der Waals surface area contributed by atoms with E-state index < -0.39 is 34.4 Å². The second-order valence-electron chi connectivity index (χ2n) is 10.1. The van der Waals surface area contributed by atoms with Gasteiger partial charge in [-0.2, -0.15) is 0 Å². The second kappa shape index (κ2) is 9.00. The summed E-state index contributed by atoms with van der Waals surface area (Å²) in [6.07, 6.45) is 1.56. The fourth-order valence-electron chi connectivity index (χ4n) is 5.57. The maximum atomic E-state index is 13.9. The molecular formula is C29H28N2O8. The lowest BCUT2D eigenvalue weighted by atomic mass is 9.70. The van der Waals surface area contributed by atoms with Crippen molar-refractivity contribution in [3.8, 4) is 23.0 Å². The number of amides is 1. The summed E-state index contributed by atoms with van der Waals surface area (Å²) >= 11 is 0. The molecule has 0 bridgehead atoms. The fraction of sp³-hybridized carbons (Fsp3) is 0.310. The highest BCUT2D eigenvalue weighted by molar-refractivity contribution is 6.31. The molecule has 0 saturated carbocycles. The predicted molar refractivity (Wildman–Crippen MR) is 140 cm³/mol. The van der Waals surface area contributed by atoms with Gasteiger partial charge in [0.05, 0.1) is 24.2 Å². The van der Waals surface area contributed by atoms with Gasteiger partial charge in [0, 0.05) is 29.6 Å². The predicted octanol–water partition coefficient (Wildman–Crippen LogP) is 3.29. The van der Waals surface area contributed by atoms with Crippen LogP contribution in [0.4, 0.5) is 5.69 Å². The Morgan fingerprint density at radius 2 is 1.90 bits per heavy atom. The van der Waals surface area contributed by atoms with Gasteiger partial charge in [-0.15, -0.1) is 0 Å². The number of phenols is 2. The van der Waals surface area contributed by atoms with E-state index >= 15 is 0 Å². The van der Waals surface area contributed by atoms with Gasteiger partial charge in [0.1, 0.15) is 39.7 Å². The first-order valence-corrected chi connectivity index (χ1v) is 12.4. The number of rotatable bonds is 6. The largest absolute Gasteiger partial charge is 0.507 e. The first-order chi connectivity index (χ1) is 18.4. The molecule has 202 valence electrons. The number of fused-ring (bicyclic) bond motifs is 4. The molecule has 10 heteroatoms. The van der Waals surface area contributed by atoms with Gasteiger partial charge in [-0.3, -0.25) is 19.2 Å². The number of aromatic hydroxyl groups is 2. The van der Waals surface area contributed by atoms with Crippen LogP contribution in [0.2, 0.25) is 0 Å². The fourth-order valence-corrected chi connectivity index (χ4v) is 5.57. The standard InChI is InChI=1S/C29H28N2O8/c1-12-24(34)22(14(3)32)26-23(25(12)35)29(4)20(39-26)11-19(33)21(27(29)36)13(2)30-9-8-16-17-10-15(38-5)6-7-18(17)31-28(16)37/h6-7,10-11,16,30,34-35H,8-9H2,1-5H3,(H,31,37)/b21-13+/t16?,29-/m1/s1. The van der Waals surface area contributed by atoms with Crippen LogP contribution in [-0.4, -0.2) is 47.1 Å². The average Bonchev–Trinajstić information content (AvgIpc) is 3.35. The Morgan fingerprint density at radius 3 is 2.56 bits per heavy atom. The van der Waals surface area contributed by atoms with E-state index in [2.05, 4.69) is 10.6 Å². The molecule has 10 nitrogen and oxygen atoms in total. The highest BCUT2D eigenvalue weighted by atomic mass is 16.5. The first-order valence-electron chi connectivity index (χ1n) is 12.4. The van der Waals surface area contributed by atoms with E-state index in [0.29, 0.717) is 17.9 Å². The molecule has 2 aromatic rings. The van der Waals surface area contributed by atoms with Crippen molar-refractivity contribution in [1.82, 2.24) is 5.32 Å². The molecule has 39 heavy (non-hydrogen) atoms. The van der Waals surface area contributed by atoms with Crippen molar-refractivity contribution in [2.24, 2.45) is 0 Å². The lowest BCUT2D eigenvalue weighted by Crippen LogP contribution is -2.41. The number of ether oxygens (including phenoxy) is 2. The SMILES string of the molecule is COc1ccc2c(c1)C(CCN/C(C)=C1\C(=O)C=C3Oc4c(C(C)=O)c(O)c(C)c(O)c4[C@]3(C)C1=O)C(=O)N2. The Hall–Kier alpha value is -4.60. The maximum absolute atomic E-state index is 13.9. The van der Waals surface area contributed by atoms with Crippen LogP contribution in [0.5, 0.6) is 23.0 Å². The number of ketones is 3. The number of benzene rings is 2. The van der Waals surface area contributed by atoms with Crippen LogP contribution < -0.4 is 20.1 Å². The maximum Gasteiger partial charge on any atom is 0.232 e. The van der Waals surface area contributed by atoms with Crippen molar-refractivity contribution in [3.63, 3.8) is 0 Å². The van der Waals surface area contributed by atoms with Gasteiger partial charge in [-0.1, -0.05) is 0 Å². The van der Waals surface area contributed by atoms with Crippen molar-refractivity contribution < 1.29 is 38.9 Å². The smallest absolute Gasteiger partial charge is 0.232 e. The van der Waals surface area contributed by atoms with Crippen molar-refractivity contribution in [3.05, 3.63) is 63.6 Å². The molecule has 5 rings (SSSR count). The molecule has 3 aliphatic rings. The molecule has 0 spiro atoms. The third-order valence-corrected chi connectivity index (χ3v) is 7.79. The van der Waals surface area contributed by atoms with E-state index in [-0.39, 0.29) is 52.0 Å². The molecule has 0 radical (unpaired) electrons. The number of allylic oxidation sites excluding steroid dienone is 4. The number of Topliss-reactive ketones (excluding diaryl/α,β-unsaturated/α-hetero) is 2. The highest BCUT2D eigenvalue weighted by Crippen LogP contribution is 2.57. The summed E-state index contributed by atoms with van der Waals surface area (Å²) in [5.74, 6) is -2.66. The van der Waals surface area contributed by atoms with Crippen molar-refractivity contribution in [1.29, 1.82) is 0 Å². The van der Waals surface area contributed by atoms with Crippen LogP contribution >= 0.6 is 0 Å². The van der Waals surface area contributed by atoms with Gasteiger partial charge in [0.15, 0.2) is 17.3 Å². The zero-order valence-corrected chi connectivity index (χ0v) is 22.1. The summed E-state index contributed by atoms with van der Waals surface area (Å²) in [5.41, 5.74) is 0.0266. The number of carbonyl (C=O) groups is 4. The third-order valence-electron chi connectivity index (χ3n) is 7.79. The van der Waals surface area contributed by atoms with Crippen molar-refractivity contribution >= 4 is 28.9 Å². The molecule has 1 unspecified atom stereocenters. The molecule has 4 N–H and O–H groups in total. The minimum atomic E-state index is -1.59. The quantitative estimate of drug-likeness (QED) is 0.250. The zero-order chi connectivity index (χ0) is 28.4. The summed E-state index contributed by atoms with van der Waals surface area (Å²) in [6.45, 7) is 6.06. The molecule has 0 saturated heterocycles. The number of hydrogen-bond acceptors (Lipinski definition) is 9. The molecule has 2 aromatic carbocycles. The van der Waals surface area contributed by atoms with Gasteiger partial charge in [0.2, 0.25) is 5.91 Å². The molecule has 0 fully saturated rings. The minimum absolute atomic E-state index is 0.0277. The average molecular weight is 533 g/mol. The molecule has 2 aliphatic heterocycles. The molecule has 0 aromatic heterocycles. The van der Waals surface area contributed by atoms with E-state index in [1.807, 2.05) is 6.07 Å². The topological polar surface area (TPSA) is 151 Å². The summed E-state index contributed by atoms with van der Waals surface area (Å²) in [6, 6.07) is 5.36. The highest BCUT2D eigenvalue weighted by Gasteiger charge is 2.56. The second-order valence-corrected chi connectivity index (χ2v) is 10.1. The van der Waals surface area contributed by atoms with Gasteiger partial charge in [-0.25, -0.2) is 0 Å². The Bertz CT molecular complexity index is 1570. The van der Waals surface area contributed by atoms with Gasteiger partial charge in [0.25, 0.3) is 0 Å². The van der Waals surface area contributed by atoms with Crippen LogP contribution in [0.1, 0.15) is 60.2 Å². The Labute approximate surface area is 224 Å². The number of carbonyl (C=O) groups excluding carboxylic acids is 4. The Kier molecular flexibility index (Phi) is 6.01. The van der Waals surface area contributed by atoms with Crippen molar-refractivity contribution in [2.45, 2.75) is 45.4 Å². The summed E-state index contributed by atoms with van der Waals surface area (Å²) in [7, 11) is 1.55. The number of hydrogen-bond donors (Lipinski definition) is 4. The van der Waals surface area contributed by atoms with E-state index in [9.17, 15) is 29.4 Å². The van der Waals surface area contributed by atoms with Crippen LogP contribution in [-0.2, 0) is 19.8 Å². The number of methoxy groups -OCH3 is 1. The van der Waals surface area contributed by atoms with E-state index in [1.54, 1.807) is 26.2 Å². The van der Waals surface area contributed by atoms with Crippen molar-refractivity contribution in [2.75, 3.05) is 19.0 Å². The summed E-state index contributed by atoms with van der Waals surface area (Å²) in [5, 5.41) is 27.4. The van der Waals surface area contributed by atoms with Crippen LogP contribution in [0, 0.1) is 6.92 Å². The normalized spacial score (nSPS) is 22.3. The van der Waals surface area contributed by atoms with Gasteiger partial charge in [-0.05, 0) is 57.9 Å². The zero-order valence-electron chi connectivity index (χ0n) is 22.1. The monoisotopic (exact) mass is 532 g/mol. The molecule has 2 atom stereocenters. The molecular weight excluding hydrogens is 504 g/mol. The molecule has 1 amide bonds. The van der Waals surface area contributed by atoms with E-state index in [0.717, 1.165) is 11.3 Å². The lowest BCUT2D eigenvalue weighted by molar-refractivity contribution is -0.123. The van der Waals surface area contributed by atoms with Gasteiger partial charge >= 0.3 is 0 Å². The Morgan fingerprint density at radius 1 is 1.18 bits per heavy atom. The van der Waals surface area contributed by atoms with Crippen LogP contribution in [0.15, 0.2) is 41.3 Å². The number of phenolic OH excluding ortho intramolecular Hbond substituents is 2. The lowest BCUT2D eigenvalue weighted by Gasteiger charge is -2.29. The van der Waals surface area contributed by atoms with E-state index in [1.165, 1.54) is 26.8 Å². The van der Waals surface area contributed by atoms with Crippen LogP contribution in [0.25, 0.3) is 0 Å². The number of anilines is 1. The Balaban J connectivity index is 1.46.